The van der Waals surface area contributed by atoms with E-state index in [0.29, 0.717) is 12.0 Å². The summed E-state index contributed by atoms with van der Waals surface area (Å²) in [5.41, 5.74) is 7.61. The van der Waals surface area contributed by atoms with Gasteiger partial charge in [-0.15, -0.1) is 0 Å². The van der Waals surface area contributed by atoms with Crippen LogP contribution in [0.2, 0.25) is 0 Å². The zero-order valence-electron chi connectivity index (χ0n) is 12.7. The minimum atomic E-state index is -4.37. The number of nitrogens with zero attached hydrogens (tertiary/aromatic N) is 2. The lowest BCUT2D eigenvalue weighted by Gasteiger charge is -2.39. The van der Waals surface area contributed by atoms with Gasteiger partial charge >= 0.3 is 6.18 Å². The Bertz CT molecular complexity index is 731. The first kappa shape index (κ1) is 16.4. The van der Waals surface area contributed by atoms with E-state index in [1.807, 2.05) is 6.07 Å². The smallest absolute Gasteiger partial charge is 0.354 e. The largest absolute Gasteiger partial charge is 0.416 e. The van der Waals surface area contributed by atoms with E-state index in [4.69, 9.17) is 5.73 Å². The van der Waals surface area contributed by atoms with E-state index in [-0.39, 0.29) is 6.54 Å². The van der Waals surface area contributed by atoms with Crippen molar-refractivity contribution in [1.82, 2.24) is 4.98 Å². The molecule has 0 saturated heterocycles. The third-order valence-corrected chi connectivity index (χ3v) is 4.18. The zero-order chi connectivity index (χ0) is 17.3. The minimum absolute atomic E-state index is 0.286. The summed E-state index contributed by atoms with van der Waals surface area (Å²) in [6.45, 7) is 0.286. The molecule has 2 heterocycles. The van der Waals surface area contributed by atoms with E-state index in [0.717, 1.165) is 29.8 Å². The van der Waals surface area contributed by atoms with Crippen molar-refractivity contribution in [1.29, 1.82) is 0 Å². The highest BCUT2D eigenvalue weighted by Gasteiger charge is 2.33. The van der Waals surface area contributed by atoms with E-state index in [2.05, 4.69) is 4.98 Å². The molecule has 2 N–H and O–H groups in total. The Balaban J connectivity index is 1.91. The van der Waals surface area contributed by atoms with Gasteiger partial charge in [0.15, 0.2) is 0 Å². The number of aldehydes is 1. The Morgan fingerprint density at radius 3 is 2.58 bits per heavy atom. The van der Waals surface area contributed by atoms with Gasteiger partial charge in [-0.1, -0.05) is 12.1 Å². The van der Waals surface area contributed by atoms with Gasteiger partial charge in [0.1, 0.15) is 12.3 Å². The molecule has 1 aliphatic rings. The third-order valence-electron chi connectivity index (χ3n) is 4.18. The quantitative estimate of drug-likeness (QED) is 0.876. The van der Waals surface area contributed by atoms with Crippen LogP contribution in [0.15, 0.2) is 42.6 Å². The molecule has 0 bridgehead atoms. The van der Waals surface area contributed by atoms with Crippen LogP contribution in [-0.4, -0.2) is 23.4 Å². The molecule has 24 heavy (non-hydrogen) atoms. The first-order valence-corrected chi connectivity index (χ1v) is 7.47. The number of hydrogen-bond acceptors (Lipinski definition) is 4. The maximum absolute atomic E-state index is 12.7. The maximum Gasteiger partial charge on any atom is 0.416 e. The second kappa shape index (κ2) is 6.24. The molecule has 0 spiro atoms. The Kier molecular flexibility index (Phi) is 4.28. The average Bonchev–Trinajstić information content (AvgIpc) is 2.54. The van der Waals surface area contributed by atoms with Gasteiger partial charge in [-0.2, -0.15) is 13.2 Å². The number of aromatic nitrogens is 1. The first-order valence-electron chi connectivity index (χ1n) is 7.47. The molecule has 0 fully saturated rings. The zero-order valence-corrected chi connectivity index (χ0v) is 12.7. The number of hydrogen-bond donors (Lipinski definition) is 1. The fraction of sp³-hybridized carbons (Fsp3) is 0.294. The van der Waals surface area contributed by atoms with E-state index in [1.54, 1.807) is 17.2 Å². The van der Waals surface area contributed by atoms with Gasteiger partial charge in [-0.05, 0) is 29.8 Å². The van der Waals surface area contributed by atoms with Gasteiger partial charge in [-0.25, -0.2) is 0 Å². The molecule has 2 unspecified atom stereocenters. The molecule has 7 heteroatoms. The summed E-state index contributed by atoms with van der Waals surface area (Å²) in [6, 6.07) is 7.58. The molecule has 2 atom stereocenters. The topological polar surface area (TPSA) is 59.2 Å². The summed E-state index contributed by atoms with van der Waals surface area (Å²) in [6.07, 6.45) is -1.44. The summed E-state index contributed by atoms with van der Waals surface area (Å²) in [5, 5.41) is 0. The number of anilines is 1. The number of benzene rings is 1. The number of halogens is 3. The van der Waals surface area contributed by atoms with Gasteiger partial charge in [-0.3, -0.25) is 4.98 Å². The van der Waals surface area contributed by atoms with Crippen molar-refractivity contribution >= 4 is 12.0 Å². The molecule has 3 rings (SSSR count). The highest BCUT2D eigenvalue weighted by atomic mass is 19.4. The van der Waals surface area contributed by atoms with Crippen LogP contribution in [0.5, 0.6) is 0 Å². The van der Waals surface area contributed by atoms with Crippen LogP contribution in [0.4, 0.5) is 18.9 Å². The van der Waals surface area contributed by atoms with Crippen LogP contribution in [-0.2, 0) is 23.9 Å². The second-order valence-corrected chi connectivity index (χ2v) is 5.79. The Hall–Kier alpha value is -2.41. The number of pyridine rings is 1. The van der Waals surface area contributed by atoms with Gasteiger partial charge in [0.05, 0.1) is 16.9 Å². The monoisotopic (exact) mass is 335 g/mol. The van der Waals surface area contributed by atoms with Crippen molar-refractivity contribution in [2.24, 2.45) is 5.73 Å². The Labute approximate surface area is 137 Å². The standard InChI is InChI=1S/C17H16F3N3O/c18-17(19,20)12-5-3-11(4-6-12)9-23-15-2-1-7-22-14(15)8-13(21)16(23)10-24/h1-7,10,13,16H,8-9,21H2. The SMILES string of the molecule is NC1Cc2ncccc2N(Cc2ccc(C(F)(F)F)cc2)C1C=O. The molecule has 0 saturated carbocycles. The van der Waals surface area contributed by atoms with E-state index < -0.39 is 23.8 Å². The van der Waals surface area contributed by atoms with Crippen molar-refractivity contribution in [2.45, 2.75) is 31.2 Å². The molecule has 1 aromatic carbocycles. The van der Waals surface area contributed by atoms with Crippen LogP contribution in [0.1, 0.15) is 16.8 Å². The molecular weight excluding hydrogens is 319 g/mol. The summed E-state index contributed by atoms with van der Waals surface area (Å²) in [4.78, 5) is 17.6. The number of fused-ring (bicyclic) bond motifs is 1. The lowest BCUT2D eigenvalue weighted by molar-refractivity contribution is -0.137. The summed E-state index contributed by atoms with van der Waals surface area (Å²) in [7, 11) is 0. The van der Waals surface area contributed by atoms with Gasteiger partial charge < -0.3 is 15.4 Å². The fourth-order valence-electron chi connectivity index (χ4n) is 2.94. The molecule has 126 valence electrons. The van der Waals surface area contributed by atoms with Crippen molar-refractivity contribution in [3.05, 3.63) is 59.4 Å². The van der Waals surface area contributed by atoms with Crippen LogP contribution in [0.25, 0.3) is 0 Å². The van der Waals surface area contributed by atoms with E-state index >= 15 is 0 Å². The number of carbonyl (C=O) groups excluding carboxylic acids is 1. The maximum atomic E-state index is 12.7. The van der Waals surface area contributed by atoms with E-state index in [1.165, 1.54) is 12.1 Å². The normalized spacial score (nSPS) is 20.6. The molecule has 4 nitrogen and oxygen atoms in total. The highest BCUT2D eigenvalue weighted by molar-refractivity contribution is 5.70. The predicted octanol–water partition coefficient (Wildman–Crippen LogP) is 2.56. The molecular formula is C17H16F3N3O. The number of alkyl halides is 3. The summed E-state index contributed by atoms with van der Waals surface area (Å²) < 4.78 is 38.0. The molecule has 2 aromatic rings. The van der Waals surface area contributed by atoms with Crippen LogP contribution >= 0.6 is 0 Å². The van der Waals surface area contributed by atoms with Crippen molar-refractivity contribution < 1.29 is 18.0 Å². The summed E-state index contributed by atoms with van der Waals surface area (Å²) in [5.74, 6) is 0. The lowest BCUT2D eigenvalue weighted by atomic mass is 9.95. The van der Waals surface area contributed by atoms with Crippen molar-refractivity contribution in [3.8, 4) is 0 Å². The van der Waals surface area contributed by atoms with Gasteiger partial charge in [0.25, 0.3) is 0 Å². The predicted molar refractivity (Wildman–Crippen MR) is 83.4 cm³/mol. The molecule has 1 aliphatic heterocycles. The molecule has 0 aliphatic carbocycles. The molecule has 1 aromatic heterocycles. The van der Waals surface area contributed by atoms with Crippen LogP contribution < -0.4 is 10.6 Å². The van der Waals surface area contributed by atoms with E-state index in [9.17, 15) is 18.0 Å². The first-order chi connectivity index (χ1) is 11.4. The van der Waals surface area contributed by atoms with Crippen LogP contribution in [0, 0.1) is 0 Å². The fourth-order valence-corrected chi connectivity index (χ4v) is 2.94. The van der Waals surface area contributed by atoms with Crippen molar-refractivity contribution in [3.63, 3.8) is 0 Å². The summed E-state index contributed by atoms with van der Waals surface area (Å²) >= 11 is 0. The second-order valence-electron chi connectivity index (χ2n) is 5.79. The van der Waals surface area contributed by atoms with Crippen molar-refractivity contribution in [2.75, 3.05) is 4.90 Å². The minimum Gasteiger partial charge on any atom is -0.354 e. The van der Waals surface area contributed by atoms with Gasteiger partial charge in [0, 0.05) is 25.2 Å². The third kappa shape index (κ3) is 3.12. The average molecular weight is 335 g/mol. The number of carbonyl (C=O) groups is 1. The molecule has 0 amide bonds. The van der Waals surface area contributed by atoms with Crippen LogP contribution in [0.3, 0.4) is 0 Å². The lowest BCUT2D eigenvalue weighted by Crippen LogP contribution is -2.53. The molecule has 0 radical (unpaired) electrons. The number of nitrogens with two attached hydrogens (primary N) is 1. The number of rotatable bonds is 3. The van der Waals surface area contributed by atoms with Gasteiger partial charge in [0.2, 0.25) is 0 Å². The Morgan fingerprint density at radius 2 is 1.96 bits per heavy atom. The Morgan fingerprint density at radius 1 is 1.25 bits per heavy atom. The highest BCUT2D eigenvalue weighted by Crippen LogP contribution is 2.31.